The Kier molecular flexibility index (Phi) is 6.38. The van der Waals surface area contributed by atoms with E-state index in [9.17, 15) is 14.0 Å². The molecule has 23 heavy (non-hydrogen) atoms. The lowest BCUT2D eigenvalue weighted by Crippen LogP contribution is -2.46. The van der Waals surface area contributed by atoms with Crippen molar-refractivity contribution in [3.63, 3.8) is 0 Å². The summed E-state index contributed by atoms with van der Waals surface area (Å²) in [4.78, 5) is 25.5. The van der Waals surface area contributed by atoms with Gasteiger partial charge in [0.05, 0.1) is 12.2 Å². The minimum Gasteiger partial charge on any atom is -0.450 e. The van der Waals surface area contributed by atoms with Crippen molar-refractivity contribution in [1.29, 1.82) is 0 Å². The first-order valence-corrected chi connectivity index (χ1v) is 8.09. The Morgan fingerprint density at radius 1 is 1.30 bits per heavy atom. The second-order valence-electron chi connectivity index (χ2n) is 5.68. The van der Waals surface area contributed by atoms with Crippen molar-refractivity contribution in [1.82, 2.24) is 10.2 Å². The average molecular weight is 322 g/mol. The van der Waals surface area contributed by atoms with Gasteiger partial charge in [0.1, 0.15) is 5.82 Å². The number of ether oxygens (including phenoxy) is 1. The molecule has 2 amide bonds. The van der Waals surface area contributed by atoms with Gasteiger partial charge in [0, 0.05) is 19.1 Å². The molecular formula is C17H23FN2O3. The van der Waals surface area contributed by atoms with Crippen LogP contribution < -0.4 is 5.32 Å². The smallest absolute Gasteiger partial charge is 0.407 e. The molecular weight excluding hydrogens is 299 g/mol. The number of nitrogens with one attached hydrogen (secondary N) is 1. The molecule has 126 valence electrons. The fourth-order valence-electron chi connectivity index (χ4n) is 2.55. The molecule has 1 aromatic carbocycles. The Balaban J connectivity index is 1.79. The molecule has 6 heteroatoms. The zero-order valence-electron chi connectivity index (χ0n) is 13.4. The number of halogens is 1. The van der Waals surface area contributed by atoms with E-state index < -0.39 is 11.9 Å². The zero-order chi connectivity index (χ0) is 16.7. The van der Waals surface area contributed by atoms with Crippen molar-refractivity contribution in [2.24, 2.45) is 0 Å². The summed E-state index contributed by atoms with van der Waals surface area (Å²) in [5, 5.41) is 2.82. The van der Waals surface area contributed by atoms with E-state index in [1.54, 1.807) is 17.0 Å². The van der Waals surface area contributed by atoms with Crippen LogP contribution in [0.2, 0.25) is 0 Å². The Labute approximate surface area is 135 Å². The van der Waals surface area contributed by atoms with Gasteiger partial charge >= 0.3 is 6.09 Å². The molecule has 1 heterocycles. The number of alkyl carbamates (subject to hydrolysis) is 1. The molecule has 1 saturated heterocycles. The van der Waals surface area contributed by atoms with Crippen LogP contribution in [-0.4, -0.2) is 42.6 Å². The molecule has 0 aromatic heterocycles. The topological polar surface area (TPSA) is 58.6 Å². The maximum absolute atomic E-state index is 13.7. The molecule has 0 unspecified atom stereocenters. The SMILES string of the molecule is CCCCOC(=O)NC1CCN(C(=O)c2ccccc2F)CC1. The lowest BCUT2D eigenvalue weighted by molar-refractivity contribution is 0.0697. The second kappa shape index (κ2) is 8.50. The van der Waals surface area contributed by atoms with E-state index in [0.717, 1.165) is 12.8 Å². The first kappa shape index (κ1) is 17.2. The van der Waals surface area contributed by atoms with Crippen LogP contribution in [0.5, 0.6) is 0 Å². The fourth-order valence-corrected chi connectivity index (χ4v) is 2.55. The van der Waals surface area contributed by atoms with Crippen LogP contribution in [0.15, 0.2) is 24.3 Å². The number of hydrogen-bond donors (Lipinski definition) is 1. The Hall–Kier alpha value is -2.11. The predicted molar refractivity (Wildman–Crippen MR) is 84.7 cm³/mol. The van der Waals surface area contributed by atoms with E-state index in [1.165, 1.54) is 12.1 Å². The predicted octanol–water partition coefficient (Wildman–Crippen LogP) is 2.96. The van der Waals surface area contributed by atoms with Crippen molar-refractivity contribution in [3.8, 4) is 0 Å². The van der Waals surface area contributed by atoms with Crippen LogP contribution >= 0.6 is 0 Å². The monoisotopic (exact) mass is 322 g/mol. The van der Waals surface area contributed by atoms with Crippen molar-refractivity contribution < 1.29 is 18.7 Å². The van der Waals surface area contributed by atoms with Gasteiger partial charge in [-0.05, 0) is 31.4 Å². The number of benzene rings is 1. The molecule has 1 aromatic rings. The molecule has 0 bridgehead atoms. The summed E-state index contributed by atoms with van der Waals surface area (Å²) in [5.41, 5.74) is 0.0953. The Morgan fingerprint density at radius 2 is 2.00 bits per heavy atom. The number of unbranched alkanes of at least 4 members (excludes halogenated alkanes) is 1. The van der Waals surface area contributed by atoms with Gasteiger partial charge in [0.2, 0.25) is 0 Å². The van der Waals surface area contributed by atoms with Crippen LogP contribution in [0.4, 0.5) is 9.18 Å². The van der Waals surface area contributed by atoms with Gasteiger partial charge in [-0.25, -0.2) is 9.18 Å². The summed E-state index contributed by atoms with van der Waals surface area (Å²) in [6.07, 6.45) is 2.70. The fraction of sp³-hybridized carbons (Fsp3) is 0.529. The number of piperidine rings is 1. The summed E-state index contributed by atoms with van der Waals surface area (Å²) >= 11 is 0. The molecule has 1 N–H and O–H groups in total. The molecule has 0 spiro atoms. The number of carbonyl (C=O) groups excluding carboxylic acids is 2. The van der Waals surface area contributed by atoms with Gasteiger partial charge in [-0.15, -0.1) is 0 Å². The highest BCUT2D eigenvalue weighted by Crippen LogP contribution is 2.16. The number of rotatable bonds is 5. The van der Waals surface area contributed by atoms with Gasteiger partial charge in [0.25, 0.3) is 5.91 Å². The lowest BCUT2D eigenvalue weighted by Gasteiger charge is -2.32. The standard InChI is InChI=1S/C17H23FN2O3/c1-2-3-12-23-17(22)19-13-8-10-20(11-9-13)16(21)14-6-4-5-7-15(14)18/h4-7,13H,2-3,8-12H2,1H3,(H,19,22). The third kappa shape index (κ3) is 4.94. The highest BCUT2D eigenvalue weighted by atomic mass is 19.1. The highest BCUT2D eigenvalue weighted by Gasteiger charge is 2.26. The number of hydrogen-bond acceptors (Lipinski definition) is 3. The molecule has 1 fully saturated rings. The van der Waals surface area contributed by atoms with E-state index in [2.05, 4.69) is 5.32 Å². The zero-order valence-corrected chi connectivity index (χ0v) is 13.4. The van der Waals surface area contributed by atoms with Crippen LogP contribution in [0.25, 0.3) is 0 Å². The normalized spacial score (nSPS) is 15.3. The summed E-state index contributed by atoms with van der Waals surface area (Å²) in [6, 6.07) is 5.98. The third-order valence-corrected chi connectivity index (χ3v) is 3.94. The van der Waals surface area contributed by atoms with E-state index in [0.29, 0.717) is 32.5 Å². The molecule has 0 atom stereocenters. The van der Waals surface area contributed by atoms with Crippen LogP contribution in [0.3, 0.4) is 0 Å². The molecule has 0 radical (unpaired) electrons. The molecule has 0 aliphatic carbocycles. The number of carbonyl (C=O) groups is 2. The first-order valence-electron chi connectivity index (χ1n) is 8.09. The average Bonchev–Trinajstić information content (AvgIpc) is 2.56. The number of nitrogens with zero attached hydrogens (tertiary/aromatic N) is 1. The minimum atomic E-state index is -0.503. The van der Waals surface area contributed by atoms with Gasteiger partial charge in [-0.1, -0.05) is 25.5 Å². The maximum Gasteiger partial charge on any atom is 0.407 e. The third-order valence-electron chi connectivity index (χ3n) is 3.94. The van der Waals surface area contributed by atoms with E-state index >= 15 is 0 Å². The lowest BCUT2D eigenvalue weighted by atomic mass is 10.0. The van der Waals surface area contributed by atoms with Crippen LogP contribution in [0.1, 0.15) is 43.0 Å². The van der Waals surface area contributed by atoms with Gasteiger partial charge in [-0.2, -0.15) is 0 Å². The van der Waals surface area contributed by atoms with Crippen molar-refractivity contribution in [3.05, 3.63) is 35.6 Å². The van der Waals surface area contributed by atoms with Gasteiger partial charge < -0.3 is 15.0 Å². The van der Waals surface area contributed by atoms with Gasteiger partial charge in [-0.3, -0.25) is 4.79 Å². The van der Waals surface area contributed by atoms with Crippen LogP contribution in [0, 0.1) is 5.82 Å². The molecule has 1 aliphatic heterocycles. The first-order chi connectivity index (χ1) is 11.1. The maximum atomic E-state index is 13.7. The van der Waals surface area contributed by atoms with Crippen LogP contribution in [-0.2, 0) is 4.74 Å². The molecule has 1 aliphatic rings. The van der Waals surface area contributed by atoms with E-state index in [1.807, 2.05) is 6.92 Å². The molecule has 2 rings (SSSR count). The number of likely N-dealkylation sites (tertiary alicyclic amines) is 1. The largest absolute Gasteiger partial charge is 0.450 e. The highest BCUT2D eigenvalue weighted by molar-refractivity contribution is 5.94. The Morgan fingerprint density at radius 3 is 2.65 bits per heavy atom. The quantitative estimate of drug-likeness (QED) is 0.848. The summed E-state index contributed by atoms with van der Waals surface area (Å²) in [6.45, 7) is 3.44. The Bertz CT molecular complexity index is 542. The minimum absolute atomic E-state index is 0.00574. The summed E-state index contributed by atoms with van der Waals surface area (Å²) in [7, 11) is 0. The van der Waals surface area contributed by atoms with Crippen molar-refractivity contribution in [2.45, 2.75) is 38.6 Å². The molecule has 5 nitrogen and oxygen atoms in total. The second-order valence-corrected chi connectivity index (χ2v) is 5.68. The number of amides is 2. The van der Waals surface area contributed by atoms with E-state index in [-0.39, 0.29) is 17.5 Å². The van der Waals surface area contributed by atoms with Gasteiger partial charge in [0.15, 0.2) is 0 Å². The summed E-state index contributed by atoms with van der Waals surface area (Å²) in [5.74, 6) is -0.802. The van der Waals surface area contributed by atoms with Crippen molar-refractivity contribution in [2.75, 3.05) is 19.7 Å². The summed E-state index contributed by atoms with van der Waals surface area (Å²) < 4.78 is 18.7. The van der Waals surface area contributed by atoms with Crippen molar-refractivity contribution >= 4 is 12.0 Å². The van der Waals surface area contributed by atoms with E-state index in [4.69, 9.17) is 4.74 Å². The molecule has 0 saturated carbocycles.